The number of carbonyl (C=O) groups is 2. The molecule has 1 aliphatic rings. The van der Waals surface area contributed by atoms with Crippen molar-refractivity contribution < 1.29 is 9.59 Å². The molecule has 2 aromatic rings. The van der Waals surface area contributed by atoms with Gasteiger partial charge in [-0.2, -0.15) is 5.10 Å². The lowest BCUT2D eigenvalue weighted by Crippen LogP contribution is -2.42. The van der Waals surface area contributed by atoms with Gasteiger partial charge < -0.3 is 4.90 Å². The zero-order chi connectivity index (χ0) is 20.3. The number of hydrogen-bond donors (Lipinski definition) is 0. The molecule has 1 fully saturated rings. The summed E-state index contributed by atoms with van der Waals surface area (Å²) in [7, 11) is 1.88. The SMILES string of the molecule is Cn1cc(CCC(=O)N2CCCC(C(=O)c3ccc(C(C)(C)C)cc3)C2)cn1. The molecule has 5 heteroatoms. The van der Waals surface area contributed by atoms with Crippen LogP contribution in [0.1, 0.15) is 61.5 Å². The van der Waals surface area contributed by atoms with Crippen molar-refractivity contribution >= 4 is 11.7 Å². The van der Waals surface area contributed by atoms with Crippen molar-refractivity contribution in [3.05, 3.63) is 53.3 Å². The fourth-order valence-electron chi connectivity index (χ4n) is 3.80. The lowest BCUT2D eigenvalue weighted by Gasteiger charge is -2.32. The minimum absolute atomic E-state index is 0.0733. The standard InChI is InChI=1S/C23H31N3O2/c1-23(2,3)20-10-8-18(9-11-20)22(28)19-6-5-13-26(16-19)21(27)12-7-17-14-24-25(4)15-17/h8-11,14-15,19H,5-7,12-13,16H2,1-4H3. The van der Waals surface area contributed by atoms with E-state index in [-0.39, 0.29) is 23.0 Å². The Bertz CT molecular complexity index is 830. The van der Waals surface area contributed by atoms with Crippen LogP contribution in [0, 0.1) is 5.92 Å². The molecule has 0 bridgehead atoms. The molecule has 1 aromatic heterocycles. The van der Waals surface area contributed by atoms with Gasteiger partial charge in [-0.05, 0) is 35.8 Å². The highest BCUT2D eigenvalue weighted by Crippen LogP contribution is 2.25. The van der Waals surface area contributed by atoms with Gasteiger partial charge in [0.2, 0.25) is 5.91 Å². The van der Waals surface area contributed by atoms with Crippen LogP contribution in [0.3, 0.4) is 0 Å². The molecule has 0 saturated carbocycles. The highest BCUT2D eigenvalue weighted by molar-refractivity contribution is 5.98. The number of nitrogens with zero attached hydrogens (tertiary/aromatic N) is 3. The molecular formula is C23H31N3O2. The first-order chi connectivity index (χ1) is 13.2. The second kappa shape index (κ2) is 8.29. The Hall–Kier alpha value is -2.43. The van der Waals surface area contributed by atoms with E-state index in [2.05, 4.69) is 25.9 Å². The van der Waals surface area contributed by atoms with Gasteiger partial charge in [-0.1, -0.05) is 45.0 Å². The topological polar surface area (TPSA) is 55.2 Å². The molecule has 1 aliphatic heterocycles. The van der Waals surface area contributed by atoms with Crippen molar-refractivity contribution in [2.45, 2.75) is 51.9 Å². The van der Waals surface area contributed by atoms with Crippen molar-refractivity contribution in [2.24, 2.45) is 13.0 Å². The van der Waals surface area contributed by atoms with Gasteiger partial charge in [-0.15, -0.1) is 0 Å². The summed E-state index contributed by atoms with van der Waals surface area (Å²) >= 11 is 0. The fraction of sp³-hybridized carbons (Fsp3) is 0.522. The normalized spacial score (nSPS) is 17.6. The third-order valence-corrected chi connectivity index (χ3v) is 5.57. The highest BCUT2D eigenvalue weighted by atomic mass is 16.2. The van der Waals surface area contributed by atoms with Crippen LogP contribution < -0.4 is 0 Å². The Labute approximate surface area is 167 Å². The Morgan fingerprint density at radius 1 is 1.18 bits per heavy atom. The molecule has 1 atom stereocenters. The third-order valence-electron chi connectivity index (χ3n) is 5.57. The summed E-state index contributed by atoms with van der Waals surface area (Å²) in [5.41, 5.74) is 3.12. The molecule has 5 nitrogen and oxygen atoms in total. The van der Waals surface area contributed by atoms with Crippen molar-refractivity contribution in [1.82, 2.24) is 14.7 Å². The number of benzene rings is 1. The molecule has 1 aromatic carbocycles. The number of aryl methyl sites for hydroxylation is 2. The summed E-state index contributed by atoms with van der Waals surface area (Å²) in [6.07, 6.45) is 6.64. The Morgan fingerprint density at radius 3 is 2.50 bits per heavy atom. The maximum absolute atomic E-state index is 13.0. The molecule has 150 valence electrons. The number of amides is 1. The number of hydrogen-bond acceptors (Lipinski definition) is 3. The van der Waals surface area contributed by atoms with Gasteiger partial charge in [0.05, 0.1) is 6.20 Å². The fourth-order valence-corrected chi connectivity index (χ4v) is 3.80. The summed E-state index contributed by atoms with van der Waals surface area (Å²) in [4.78, 5) is 27.5. The van der Waals surface area contributed by atoms with Crippen LogP contribution in [0.15, 0.2) is 36.7 Å². The molecule has 1 saturated heterocycles. The van der Waals surface area contributed by atoms with Crippen LogP contribution >= 0.6 is 0 Å². The Kier molecular flexibility index (Phi) is 6.01. The highest BCUT2D eigenvalue weighted by Gasteiger charge is 2.29. The van der Waals surface area contributed by atoms with E-state index in [1.54, 1.807) is 10.9 Å². The summed E-state index contributed by atoms with van der Waals surface area (Å²) in [5, 5.41) is 4.14. The van der Waals surface area contributed by atoms with Crippen molar-refractivity contribution in [2.75, 3.05) is 13.1 Å². The van der Waals surface area contributed by atoms with Crippen molar-refractivity contribution in [3.8, 4) is 0 Å². The van der Waals surface area contributed by atoms with Gasteiger partial charge in [0, 0.05) is 44.2 Å². The second-order valence-corrected chi connectivity index (χ2v) is 8.89. The maximum Gasteiger partial charge on any atom is 0.222 e. The molecule has 0 spiro atoms. The van der Waals surface area contributed by atoms with Crippen LogP contribution in [0.5, 0.6) is 0 Å². The molecule has 0 radical (unpaired) electrons. The Morgan fingerprint density at radius 2 is 1.89 bits per heavy atom. The largest absolute Gasteiger partial charge is 0.342 e. The minimum Gasteiger partial charge on any atom is -0.342 e. The average Bonchev–Trinajstić information content (AvgIpc) is 3.10. The lowest BCUT2D eigenvalue weighted by atomic mass is 9.85. The number of carbonyl (C=O) groups excluding carboxylic acids is 2. The van der Waals surface area contributed by atoms with E-state index in [4.69, 9.17) is 0 Å². The van der Waals surface area contributed by atoms with E-state index in [9.17, 15) is 9.59 Å². The number of likely N-dealkylation sites (tertiary alicyclic amines) is 1. The second-order valence-electron chi connectivity index (χ2n) is 8.89. The van der Waals surface area contributed by atoms with Crippen molar-refractivity contribution in [3.63, 3.8) is 0 Å². The van der Waals surface area contributed by atoms with Gasteiger partial charge in [0.25, 0.3) is 0 Å². The average molecular weight is 382 g/mol. The molecule has 1 unspecified atom stereocenters. The quantitative estimate of drug-likeness (QED) is 0.741. The van der Waals surface area contributed by atoms with E-state index in [1.807, 2.05) is 42.4 Å². The van der Waals surface area contributed by atoms with Gasteiger partial charge in [0.15, 0.2) is 5.78 Å². The van der Waals surface area contributed by atoms with Crippen LogP contribution in [-0.2, 0) is 23.7 Å². The summed E-state index contributed by atoms with van der Waals surface area (Å²) in [6, 6.07) is 7.97. The monoisotopic (exact) mass is 381 g/mol. The van der Waals surface area contributed by atoms with E-state index < -0.39 is 0 Å². The van der Waals surface area contributed by atoms with E-state index in [0.29, 0.717) is 19.4 Å². The van der Waals surface area contributed by atoms with Crippen LogP contribution in [0.4, 0.5) is 0 Å². The molecule has 2 heterocycles. The summed E-state index contributed by atoms with van der Waals surface area (Å²) in [6.45, 7) is 7.78. The van der Waals surface area contributed by atoms with Crippen LogP contribution in [-0.4, -0.2) is 39.5 Å². The van der Waals surface area contributed by atoms with E-state index >= 15 is 0 Å². The zero-order valence-electron chi connectivity index (χ0n) is 17.4. The van der Waals surface area contributed by atoms with Gasteiger partial charge >= 0.3 is 0 Å². The van der Waals surface area contributed by atoms with Gasteiger partial charge in [0.1, 0.15) is 0 Å². The van der Waals surface area contributed by atoms with Gasteiger partial charge in [-0.3, -0.25) is 14.3 Å². The first kappa shape index (κ1) is 20.3. The molecule has 0 N–H and O–H groups in total. The molecule has 3 rings (SSSR count). The smallest absolute Gasteiger partial charge is 0.222 e. The van der Waals surface area contributed by atoms with E-state index in [0.717, 1.165) is 30.5 Å². The maximum atomic E-state index is 13.0. The Balaban J connectivity index is 1.59. The number of ketones is 1. The number of piperidine rings is 1. The van der Waals surface area contributed by atoms with Crippen molar-refractivity contribution in [1.29, 1.82) is 0 Å². The van der Waals surface area contributed by atoms with Crippen LogP contribution in [0.25, 0.3) is 0 Å². The third kappa shape index (κ3) is 4.89. The summed E-state index contributed by atoms with van der Waals surface area (Å²) < 4.78 is 1.75. The van der Waals surface area contributed by atoms with Gasteiger partial charge in [-0.25, -0.2) is 0 Å². The zero-order valence-corrected chi connectivity index (χ0v) is 17.4. The summed E-state index contributed by atoms with van der Waals surface area (Å²) in [5.74, 6) is 0.186. The number of aromatic nitrogens is 2. The first-order valence-electron chi connectivity index (χ1n) is 10.1. The molecular weight excluding hydrogens is 350 g/mol. The predicted molar refractivity (Wildman–Crippen MR) is 110 cm³/mol. The number of rotatable bonds is 5. The first-order valence-corrected chi connectivity index (χ1v) is 10.1. The number of Topliss-reactive ketones (excluding diaryl/α,β-unsaturated/α-hetero) is 1. The van der Waals surface area contributed by atoms with E-state index in [1.165, 1.54) is 5.56 Å². The van der Waals surface area contributed by atoms with Crippen LogP contribution in [0.2, 0.25) is 0 Å². The molecule has 1 amide bonds. The predicted octanol–water partition coefficient (Wildman–Crippen LogP) is 3.77. The lowest BCUT2D eigenvalue weighted by molar-refractivity contribution is -0.132. The minimum atomic E-state index is -0.100. The molecule has 28 heavy (non-hydrogen) atoms. The molecule has 0 aliphatic carbocycles.